The highest BCUT2D eigenvalue weighted by molar-refractivity contribution is 9.10. The summed E-state index contributed by atoms with van der Waals surface area (Å²) in [7, 11) is 3.72. The zero-order valence-electron chi connectivity index (χ0n) is 11.6. The van der Waals surface area contributed by atoms with Crippen molar-refractivity contribution in [3.05, 3.63) is 28.2 Å². The molecule has 0 radical (unpaired) electrons. The Morgan fingerprint density at radius 1 is 1.26 bits per heavy atom. The standard InChI is InChI=1S/C15H22BrNO2/c1-17-12-4-6-13(7-5-12)19-10-11-3-8-15(18-2)14(16)9-11/h3,8-9,12-13,17H,4-7,10H2,1-2H3. The van der Waals surface area contributed by atoms with Crippen molar-refractivity contribution < 1.29 is 9.47 Å². The SMILES string of the molecule is CNC1CCC(OCc2ccc(OC)c(Br)c2)CC1. The van der Waals surface area contributed by atoms with Gasteiger partial charge in [0.05, 0.1) is 24.3 Å². The summed E-state index contributed by atoms with van der Waals surface area (Å²) in [5.41, 5.74) is 1.18. The van der Waals surface area contributed by atoms with Crippen molar-refractivity contribution in [3.8, 4) is 5.75 Å². The molecule has 19 heavy (non-hydrogen) atoms. The molecule has 0 amide bonds. The summed E-state index contributed by atoms with van der Waals surface area (Å²) in [6.45, 7) is 0.678. The van der Waals surface area contributed by atoms with Gasteiger partial charge in [0.15, 0.2) is 0 Å². The highest BCUT2D eigenvalue weighted by Gasteiger charge is 2.20. The molecule has 1 saturated carbocycles. The van der Waals surface area contributed by atoms with Crippen LogP contribution in [0.4, 0.5) is 0 Å². The molecule has 0 atom stereocenters. The van der Waals surface area contributed by atoms with Crippen LogP contribution >= 0.6 is 15.9 Å². The molecular weight excluding hydrogens is 306 g/mol. The Kier molecular flexibility index (Phi) is 5.67. The van der Waals surface area contributed by atoms with Crippen molar-refractivity contribution >= 4 is 15.9 Å². The molecule has 0 aromatic heterocycles. The number of ether oxygens (including phenoxy) is 2. The van der Waals surface area contributed by atoms with E-state index in [0.717, 1.165) is 23.1 Å². The summed E-state index contributed by atoms with van der Waals surface area (Å²) in [5.74, 6) is 0.860. The first-order valence-corrected chi connectivity index (χ1v) is 7.63. The molecule has 0 aliphatic heterocycles. The molecule has 1 aromatic rings. The van der Waals surface area contributed by atoms with Gasteiger partial charge in [0.2, 0.25) is 0 Å². The molecule has 1 aromatic carbocycles. The zero-order chi connectivity index (χ0) is 13.7. The van der Waals surface area contributed by atoms with Crippen molar-refractivity contribution in [3.63, 3.8) is 0 Å². The second-order valence-electron chi connectivity index (χ2n) is 5.04. The third-order valence-corrected chi connectivity index (χ3v) is 4.40. The summed E-state index contributed by atoms with van der Waals surface area (Å²) in [4.78, 5) is 0. The van der Waals surface area contributed by atoms with Gasteiger partial charge in [0, 0.05) is 6.04 Å². The van der Waals surface area contributed by atoms with E-state index >= 15 is 0 Å². The molecule has 1 aliphatic rings. The molecule has 0 unspecified atom stereocenters. The van der Waals surface area contributed by atoms with Crippen molar-refractivity contribution in [2.45, 2.75) is 44.4 Å². The largest absolute Gasteiger partial charge is 0.496 e. The molecule has 3 nitrogen and oxygen atoms in total. The molecule has 0 saturated heterocycles. The van der Waals surface area contributed by atoms with E-state index in [4.69, 9.17) is 9.47 Å². The third-order valence-electron chi connectivity index (χ3n) is 3.78. The van der Waals surface area contributed by atoms with Gasteiger partial charge >= 0.3 is 0 Å². The minimum Gasteiger partial charge on any atom is -0.496 e. The highest BCUT2D eigenvalue weighted by atomic mass is 79.9. The maximum atomic E-state index is 6.00. The van der Waals surface area contributed by atoms with Crippen LogP contribution in [-0.4, -0.2) is 26.3 Å². The number of nitrogens with one attached hydrogen (secondary N) is 1. The van der Waals surface area contributed by atoms with E-state index in [-0.39, 0.29) is 0 Å². The minimum absolute atomic E-state index is 0.408. The molecule has 106 valence electrons. The van der Waals surface area contributed by atoms with Crippen LogP contribution in [0.2, 0.25) is 0 Å². The summed E-state index contributed by atoms with van der Waals surface area (Å²) in [6, 6.07) is 6.77. The molecule has 2 rings (SSSR count). The maximum Gasteiger partial charge on any atom is 0.133 e. The molecule has 1 aliphatic carbocycles. The van der Waals surface area contributed by atoms with Crippen LogP contribution in [0.3, 0.4) is 0 Å². The molecular formula is C15H22BrNO2. The van der Waals surface area contributed by atoms with Crippen LogP contribution in [0.25, 0.3) is 0 Å². The number of benzene rings is 1. The van der Waals surface area contributed by atoms with Gasteiger partial charge in [-0.2, -0.15) is 0 Å². The van der Waals surface area contributed by atoms with E-state index in [0.29, 0.717) is 18.8 Å². The van der Waals surface area contributed by atoms with Crippen molar-refractivity contribution in [1.82, 2.24) is 5.32 Å². The Balaban J connectivity index is 1.81. The number of rotatable bonds is 5. The van der Waals surface area contributed by atoms with Crippen LogP contribution in [-0.2, 0) is 11.3 Å². The average molecular weight is 328 g/mol. The van der Waals surface area contributed by atoms with Gasteiger partial charge in [-0.3, -0.25) is 0 Å². The summed E-state index contributed by atoms with van der Waals surface area (Å²) in [6.07, 6.45) is 5.15. The summed E-state index contributed by atoms with van der Waals surface area (Å²) >= 11 is 3.50. The van der Waals surface area contributed by atoms with Gasteiger partial charge in [-0.1, -0.05) is 6.07 Å². The van der Waals surface area contributed by atoms with Gasteiger partial charge in [0.1, 0.15) is 5.75 Å². The maximum absolute atomic E-state index is 6.00. The Hall–Kier alpha value is -0.580. The summed E-state index contributed by atoms with van der Waals surface area (Å²) < 4.78 is 12.2. The fourth-order valence-electron chi connectivity index (χ4n) is 2.53. The zero-order valence-corrected chi connectivity index (χ0v) is 13.2. The number of methoxy groups -OCH3 is 1. The lowest BCUT2D eigenvalue weighted by Crippen LogP contribution is -2.32. The third kappa shape index (κ3) is 4.20. The smallest absolute Gasteiger partial charge is 0.133 e. The average Bonchev–Trinajstić information content (AvgIpc) is 2.46. The van der Waals surface area contributed by atoms with Crippen molar-refractivity contribution in [2.24, 2.45) is 0 Å². The second-order valence-corrected chi connectivity index (χ2v) is 5.90. The summed E-state index contributed by atoms with van der Waals surface area (Å²) in [5, 5.41) is 3.34. The van der Waals surface area contributed by atoms with Gasteiger partial charge in [-0.05, 0) is 66.4 Å². The van der Waals surface area contributed by atoms with E-state index in [9.17, 15) is 0 Å². The van der Waals surface area contributed by atoms with Gasteiger partial charge in [-0.25, -0.2) is 0 Å². The Morgan fingerprint density at radius 3 is 2.58 bits per heavy atom. The number of hydrogen-bond donors (Lipinski definition) is 1. The molecule has 1 N–H and O–H groups in total. The van der Waals surface area contributed by atoms with Crippen molar-refractivity contribution in [1.29, 1.82) is 0 Å². The first-order valence-electron chi connectivity index (χ1n) is 6.84. The van der Waals surface area contributed by atoms with Crippen LogP contribution < -0.4 is 10.1 Å². The monoisotopic (exact) mass is 327 g/mol. The lowest BCUT2D eigenvalue weighted by Gasteiger charge is -2.28. The molecule has 0 spiro atoms. The topological polar surface area (TPSA) is 30.5 Å². The van der Waals surface area contributed by atoms with Gasteiger partial charge < -0.3 is 14.8 Å². The van der Waals surface area contributed by atoms with Crippen LogP contribution in [0, 0.1) is 0 Å². The van der Waals surface area contributed by atoms with Gasteiger partial charge in [-0.15, -0.1) is 0 Å². The van der Waals surface area contributed by atoms with Crippen molar-refractivity contribution in [2.75, 3.05) is 14.2 Å². The first-order chi connectivity index (χ1) is 9.22. The van der Waals surface area contributed by atoms with Crippen LogP contribution in [0.15, 0.2) is 22.7 Å². The normalized spacial score (nSPS) is 23.3. The van der Waals surface area contributed by atoms with Crippen LogP contribution in [0.5, 0.6) is 5.75 Å². The van der Waals surface area contributed by atoms with E-state index in [1.807, 2.05) is 13.1 Å². The predicted octanol–water partition coefficient (Wildman–Crippen LogP) is 3.50. The Morgan fingerprint density at radius 2 is 2.00 bits per heavy atom. The van der Waals surface area contributed by atoms with E-state index < -0.39 is 0 Å². The van der Waals surface area contributed by atoms with Crippen LogP contribution in [0.1, 0.15) is 31.2 Å². The minimum atomic E-state index is 0.408. The van der Waals surface area contributed by atoms with E-state index in [1.165, 1.54) is 18.4 Å². The van der Waals surface area contributed by atoms with E-state index in [2.05, 4.69) is 33.4 Å². The van der Waals surface area contributed by atoms with E-state index in [1.54, 1.807) is 7.11 Å². The number of hydrogen-bond acceptors (Lipinski definition) is 3. The molecule has 1 fully saturated rings. The quantitative estimate of drug-likeness (QED) is 0.897. The first kappa shape index (κ1) is 14.8. The lowest BCUT2D eigenvalue weighted by atomic mass is 9.93. The lowest BCUT2D eigenvalue weighted by molar-refractivity contribution is 0.0118. The fourth-order valence-corrected chi connectivity index (χ4v) is 3.12. The number of halogens is 1. The highest BCUT2D eigenvalue weighted by Crippen LogP contribution is 2.27. The molecule has 4 heteroatoms. The van der Waals surface area contributed by atoms with Gasteiger partial charge in [0.25, 0.3) is 0 Å². The predicted molar refractivity (Wildman–Crippen MR) is 80.6 cm³/mol. The Bertz CT molecular complexity index is 403. The molecule has 0 bridgehead atoms. The molecule has 0 heterocycles. The Labute approximate surface area is 123 Å². The fraction of sp³-hybridized carbons (Fsp3) is 0.600. The second kappa shape index (κ2) is 7.27.